The topological polar surface area (TPSA) is 40.7 Å². The average molecular weight is 259 g/mol. The largest absolute Gasteiger partial charge is 0.432 e. The Kier molecular flexibility index (Phi) is 2.98. The highest BCUT2D eigenvalue weighted by Gasteiger charge is 2.33. The number of aromatic amines is 1. The molecule has 1 aromatic carbocycles. The summed E-state index contributed by atoms with van der Waals surface area (Å²) in [6.07, 6.45) is -4.49. The van der Waals surface area contributed by atoms with E-state index in [4.69, 9.17) is 0 Å². The van der Waals surface area contributed by atoms with Gasteiger partial charge in [-0.15, -0.1) is 0 Å². The number of hydrogen-bond donors (Lipinski definition) is 2. The highest BCUT2D eigenvalue weighted by molar-refractivity contribution is 5.63. The second-order valence-corrected chi connectivity index (χ2v) is 3.61. The Morgan fingerprint density at radius 2 is 1.94 bits per heavy atom. The molecule has 2 N–H and O–H groups in total. The summed E-state index contributed by atoms with van der Waals surface area (Å²) < 4.78 is 50.5. The normalized spacial score (nSPS) is 11.6. The van der Waals surface area contributed by atoms with E-state index >= 15 is 0 Å². The van der Waals surface area contributed by atoms with Gasteiger partial charge in [0.25, 0.3) is 0 Å². The quantitative estimate of drug-likeness (QED) is 0.812. The van der Waals surface area contributed by atoms with Crippen molar-refractivity contribution in [2.45, 2.75) is 6.18 Å². The van der Waals surface area contributed by atoms with E-state index in [1.165, 1.54) is 12.1 Å². The van der Waals surface area contributed by atoms with Gasteiger partial charge in [-0.2, -0.15) is 18.3 Å². The van der Waals surface area contributed by atoms with Crippen molar-refractivity contribution < 1.29 is 17.6 Å². The van der Waals surface area contributed by atoms with E-state index in [0.717, 1.165) is 12.1 Å². The molecule has 0 saturated carbocycles. The lowest BCUT2D eigenvalue weighted by Gasteiger charge is -2.03. The van der Waals surface area contributed by atoms with Crippen LogP contribution in [-0.2, 0) is 6.18 Å². The van der Waals surface area contributed by atoms with Crippen molar-refractivity contribution in [3.8, 4) is 11.3 Å². The number of halogens is 4. The smallest absolute Gasteiger partial charge is 0.386 e. The predicted molar refractivity (Wildman–Crippen MR) is 58.5 cm³/mol. The Hall–Kier alpha value is -2.05. The van der Waals surface area contributed by atoms with Crippen LogP contribution in [0.4, 0.5) is 23.2 Å². The fraction of sp³-hybridized carbons (Fsp3) is 0.182. The van der Waals surface area contributed by atoms with Crippen molar-refractivity contribution in [3.63, 3.8) is 0 Å². The summed E-state index contributed by atoms with van der Waals surface area (Å²) >= 11 is 0. The zero-order valence-electron chi connectivity index (χ0n) is 9.27. The van der Waals surface area contributed by atoms with Crippen LogP contribution in [0.5, 0.6) is 0 Å². The Bertz CT molecular complexity index is 560. The molecule has 1 heterocycles. The van der Waals surface area contributed by atoms with Crippen molar-refractivity contribution in [1.82, 2.24) is 10.2 Å². The van der Waals surface area contributed by atoms with Crippen LogP contribution in [0, 0.1) is 5.82 Å². The van der Waals surface area contributed by atoms with Crippen LogP contribution in [0.3, 0.4) is 0 Å². The lowest BCUT2D eigenvalue weighted by Crippen LogP contribution is -2.04. The number of nitrogens with one attached hydrogen (secondary N) is 2. The maximum Gasteiger partial charge on any atom is 0.432 e. The molecule has 18 heavy (non-hydrogen) atoms. The molecule has 0 atom stereocenters. The standard InChI is InChI=1S/C11H9F4N3/c1-16-8-3-2-6(4-7(8)12)9-5-10(18-17-9)11(13,14)15/h2-5,16H,1H3,(H,17,18). The molecule has 0 aliphatic heterocycles. The molecule has 0 aliphatic carbocycles. The molecule has 0 saturated heterocycles. The number of nitrogens with zero attached hydrogens (tertiary/aromatic N) is 1. The zero-order valence-corrected chi connectivity index (χ0v) is 9.27. The molecule has 0 bridgehead atoms. The van der Waals surface area contributed by atoms with Crippen LogP contribution >= 0.6 is 0 Å². The van der Waals surface area contributed by atoms with Gasteiger partial charge in [-0.3, -0.25) is 5.10 Å². The average Bonchev–Trinajstić information content (AvgIpc) is 2.77. The molecule has 0 aliphatic rings. The van der Waals surface area contributed by atoms with Gasteiger partial charge in [-0.1, -0.05) is 6.07 Å². The zero-order chi connectivity index (χ0) is 13.3. The van der Waals surface area contributed by atoms with Gasteiger partial charge in [0.15, 0.2) is 0 Å². The maximum absolute atomic E-state index is 13.5. The summed E-state index contributed by atoms with van der Waals surface area (Å²) in [6, 6.07) is 4.90. The highest BCUT2D eigenvalue weighted by atomic mass is 19.4. The third kappa shape index (κ3) is 2.29. The molecule has 3 nitrogen and oxygen atoms in total. The van der Waals surface area contributed by atoms with Crippen LogP contribution in [0.25, 0.3) is 11.3 Å². The van der Waals surface area contributed by atoms with Crippen LogP contribution < -0.4 is 5.32 Å². The molecule has 96 valence electrons. The first kappa shape index (κ1) is 12.4. The van der Waals surface area contributed by atoms with Crippen LogP contribution in [0.15, 0.2) is 24.3 Å². The van der Waals surface area contributed by atoms with Gasteiger partial charge in [0.2, 0.25) is 0 Å². The number of benzene rings is 1. The van der Waals surface area contributed by atoms with Crippen molar-refractivity contribution in [2.24, 2.45) is 0 Å². The van der Waals surface area contributed by atoms with Crippen molar-refractivity contribution in [1.29, 1.82) is 0 Å². The summed E-state index contributed by atoms with van der Waals surface area (Å²) in [5.41, 5.74) is -0.372. The minimum absolute atomic E-state index is 0.0453. The van der Waals surface area contributed by atoms with E-state index in [1.807, 2.05) is 5.10 Å². The van der Waals surface area contributed by atoms with Gasteiger partial charge in [0.1, 0.15) is 11.5 Å². The minimum atomic E-state index is -4.49. The highest BCUT2D eigenvalue weighted by Crippen LogP contribution is 2.31. The molecule has 0 unspecified atom stereocenters. The third-order valence-electron chi connectivity index (χ3n) is 2.42. The molecule has 0 spiro atoms. The van der Waals surface area contributed by atoms with Crippen molar-refractivity contribution in [3.05, 3.63) is 35.8 Å². The Morgan fingerprint density at radius 1 is 1.22 bits per heavy atom. The second-order valence-electron chi connectivity index (χ2n) is 3.61. The molecule has 2 rings (SSSR count). The van der Waals surface area contributed by atoms with E-state index < -0.39 is 17.7 Å². The van der Waals surface area contributed by atoms with Crippen LogP contribution in [0.2, 0.25) is 0 Å². The Morgan fingerprint density at radius 3 is 2.44 bits per heavy atom. The lowest BCUT2D eigenvalue weighted by molar-refractivity contribution is -0.141. The summed E-state index contributed by atoms with van der Waals surface area (Å²) in [5, 5.41) is 8.02. The molecule has 2 aromatic rings. The molecule has 1 aromatic heterocycles. The lowest BCUT2D eigenvalue weighted by atomic mass is 10.1. The first-order chi connectivity index (χ1) is 8.41. The summed E-state index contributed by atoms with van der Waals surface area (Å²) in [5.74, 6) is -0.549. The summed E-state index contributed by atoms with van der Waals surface area (Å²) in [4.78, 5) is 0. The van der Waals surface area contributed by atoms with E-state index in [1.54, 1.807) is 7.05 Å². The molecule has 7 heteroatoms. The fourth-order valence-corrected chi connectivity index (χ4v) is 1.49. The first-order valence-corrected chi connectivity index (χ1v) is 5.02. The van der Waals surface area contributed by atoms with E-state index in [2.05, 4.69) is 10.4 Å². The van der Waals surface area contributed by atoms with Crippen molar-refractivity contribution in [2.75, 3.05) is 12.4 Å². The third-order valence-corrected chi connectivity index (χ3v) is 2.42. The van der Waals surface area contributed by atoms with Crippen molar-refractivity contribution >= 4 is 5.69 Å². The van der Waals surface area contributed by atoms with Gasteiger partial charge >= 0.3 is 6.18 Å². The number of hydrogen-bond acceptors (Lipinski definition) is 2. The molecule has 0 fully saturated rings. The Labute approximate surface area is 99.8 Å². The first-order valence-electron chi connectivity index (χ1n) is 5.02. The van der Waals surface area contributed by atoms with Gasteiger partial charge in [-0.25, -0.2) is 4.39 Å². The van der Waals surface area contributed by atoms with Gasteiger partial charge in [0.05, 0.1) is 11.4 Å². The van der Waals surface area contributed by atoms with Gasteiger partial charge in [0, 0.05) is 12.6 Å². The number of rotatable bonds is 2. The SMILES string of the molecule is CNc1ccc(-c2cc(C(F)(F)F)[nH]n2)cc1F. The number of anilines is 1. The molecule has 0 radical (unpaired) electrons. The Balaban J connectivity index is 2.38. The fourth-order valence-electron chi connectivity index (χ4n) is 1.49. The minimum Gasteiger partial charge on any atom is -0.386 e. The summed E-state index contributed by atoms with van der Waals surface area (Å²) in [6.45, 7) is 0. The number of aromatic nitrogens is 2. The molecular formula is C11H9F4N3. The van der Waals surface area contributed by atoms with Crippen LogP contribution in [-0.4, -0.2) is 17.2 Å². The molecular weight excluding hydrogens is 250 g/mol. The van der Waals surface area contributed by atoms with E-state index in [-0.39, 0.29) is 16.9 Å². The van der Waals surface area contributed by atoms with Gasteiger partial charge in [-0.05, 0) is 18.2 Å². The second kappa shape index (κ2) is 4.32. The van der Waals surface area contributed by atoms with Gasteiger partial charge < -0.3 is 5.32 Å². The van der Waals surface area contributed by atoms with E-state index in [9.17, 15) is 17.6 Å². The van der Waals surface area contributed by atoms with Crippen LogP contribution in [0.1, 0.15) is 5.69 Å². The predicted octanol–water partition coefficient (Wildman–Crippen LogP) is 3.28. The number of H-pyrrole nitrogens is 1. The summed E-state index contributed by atoms with van der Waals surface area (Å²) in [7, 11) is 1.55. The monoisotopic (exact) mass is 259 g/mol. The van der Waals surface area contributed by atoms with E-state index in [0.29, 0.717) is 0 Å². The molecule has 0 amide bonds. The maximum atomic E-state index is 13.5. The number of alkyl halides is 3.